The van der Waals surface area contributed by atoms with E-state index < -0.39 is 0 Å². The van der Waals surface area contributed by atoms with Crippen molar-refractivity contribution in [3.63, 3.8) is 0 Å². The summed E-state index contributed by atoms with van der Waals surface area (Å²) in [4.78, 5) is 1.83. The van der Waals surface area contributed by atoms with Crippen LogP contribution in [0.15, 0.2) is 30.3 Å². The number of nitriles is 1. The quantitative estimate of drug-likeness (QED) is 0.916. The summed E-state index contributed by atoms with van der Waals surface area (Å²) in [5.41, 5.74) is 2.28. The number of rotatable bonds is 3. The van der Waals surface area contributed by atoms with E-state index in [0.29, 0.717) is 0 Å². The van der Waals surface area contributed by atoms with Gasteiger partial charge in [-0.1, -0.05) is 17.7 Å². The first-order chi connectivity index (χ1) is 8.24. The average Bonchev–Trinajstić information content (AvgIpc) is 2.78. The van der Waals surface area contributed by atoms with E-state index in [1.165, 1.54) is 11.3 Å². The van der Waals surface area contributed by atoms with Gasteiger partial charge in [-0.05, 0) is 42.4 Å². The van der Waals surface area contributed by atoms with Gasteiger partial charge in [0.15, 0.2) is 0 Å². The van der Waals surface area contributed by atoms with Gasteiger partial charge in [0.05, 0.1) is 0 Å². The second-order valence-corrected chi connectivity index (χ2v) is 5.13. The van der Waals surface area contributed by atoms with Crippen molar-refractivity contribution in [2.75, 3.05) is 7.05 Å². The van der Waals surface area contributed by atoms with Crippen molar-refractivity contribution in [3.8, 4) is 16.5 Å². The SMILES string of the molecule is CNCc1cc(Cl)ccc1-c1ccc(C#N)s1. The van der Waals surface area contributed by atoms with E-state index in [2.05, 4.69) is 11.4 Å². The molecular weight excluding hydrogens is 252 g/mol. The highest BCUT2D eigenvalue weighted by molar-refractivity contribution is 7.16. The number of nitrogens with one attached hydrogen (secondary N) is 1. The molecule has 0 atom stereocenters. The van der Waals surface area contributed by atoms with Gasteiger partial charge in [0.2, 0.25) is 0 Å². The normalized spacial score (nSPS) is 10.2. The Labute approximate surface area is 109 Å². The Morgan fingerprint density at radius 1 is 1.35 bits per heavy atom. The first-order valence-electron chi connectivity index (χ1n) is 5.18. The lowest BCUT2D eigenvalue weighted by Crippen LogP contribution is -2.06. The number of nitrogens with zero attached hydrogens (tertiary/aromatic N) is 1. The summed E-state index contributed by atoms with van der Waals surface area (Å²) in [7, 11) is 1.90. The van der Waals surface area contributed by atoms with E-state index in [1.54, 1.807) is 0 Å². The van der Waals surface area contributed by atoms with Crippen molar-refractivity contribution >= 4 is 22.9 Å². The predicted octanol–water partition coefficient (Wildman–Crippen LogP) is 3.66. The summed E-state index contributed by atoms with van der Waals surface area (Å²) in [6.45, 7) is 0.760. The molecule has 86 valence electrons. The van der Waals surface area contributed by atoms with Crippen molar-refractivity contribution in [2.24, 2.45) is 0 Å². The van der Waals surface area contributed by atoms with E-state index in [4.69, 9.17) is 16.9 Å². The molecule has 0 unspecified atom stereocenters. The molecule has 1 aromatic heterocycles. The molecule has 0 amide bonds. The third-order valence-electron chi connectivity index (χ3n) is 2.42. The van der Waals surface area contributed by atoms with E-state index in [-0.39, 0.29) is 0 Å². The maximum Gasteiger partial charge on any atom is 0.110 e. The fourth-order valence-electron chi connectivity index (χ4n) is 1.68. The molecule has 0 bridgehead atoms. The number of hydrogen-bond donors (Lipinski definition) is 1. The van der Waals surface area contributed by atoms with Gasteiger partial charge in [0.1, 0.15) is 10.9 Å². The predicted molar refractivity (Wildman–Crippen MR) is 72.2 cm³/mol. The van der Waals surface area contributed by atoms with Crippen LogP contribution in [0.4, 0.5) is 0 Å². The summed E-state index contributed by atoms with van der Waals surface area (Å²) in [5, 5.41) is 12.7. The van der Waals surface area contributed by atoms with E-state index >= 15 is 0 Å². The number of halogens is 1. The van der Waals surface area contributed by atoms with Crippen molar-refractivity contribution in [2.45, 2.75) is 6.54 Å². The first-order valence-corrected chi connectivity index (χ1v) is 6.37. The third kappa shape index (κ3) is 2.67. The van der Waals surface area contributed by atoms with Crippen LogP contribution in [0.1, 0.15) is 10.4 Å². The molecule has 2 rings (SSSR count). The minimum atomic E-state index is 0.727. The van der Waals surface area contributed by atoms with Crippen LogP contribution < -0.4 is 5.32 Å². The number of thiophene rings is 1. The topological polar surface area (TPSA) is 35.8 Å². The van der Waals surface area contributed by atoms with Crippen molar-refractivity contribution < 1.29 is 0 Å². The molecule has 2 aromatic rings. The zero-order valence-corrected chi connectivity index (χ0v) is 10.9. The summed E-state index contributed by atoms with van der Waals surface area (Å²) in [6.07, 6.45) is 0. The Morgan fingerprint density at radius 3 is 2.82 bits per heavy atom. The number of benzene rings is 1. The molecule has 0 aliphatic carbocycles. The van der Waals surface area contributed by atoms with Gasteiger partial charge in [-0.2, -0.15) is 5.26 Å². The highest BCUT2D eigenvalue weighted by Crippen LogP contribution is 2.32. The van der Waals surface area contributed by atoms with Crippen LogP contribution in [0.5, 0.6) is 0 Å². The zero-order chi connectivity index (χ0) is 12.3. The van der Waals surface area contributed by atoms with Crippen LogP contribution in [0, 0.1) is 11.3 Å². The first kappa shape index (κ1) is 12.1. The second kappa shape index (κ2) is 5.33. The largest absolute Gasteiger partial charge is 0.316 e. The molecule has 1 aromatic carbocycles. The van der Waals surface area contributed by atoms with Gasteiger partial charge >= 0.3 is 0 Å². The molecule has 0 saturated carbocycles. The molecule has 0 aliphatic heterocycles. The summed E-state index contributed by atoms with van der Waals surface area (Å²) >= 11 is 7.50. The minimum Gasteiger partial charge on any atom is -0.316 e. The van der Waals surface area contributed by atoms with Crippen molar-refractivity contribution in [1.82, 2.24) is 5.32 Å². The number of hydrogen-bond acceptors (Lipinski definition) is 3. The summed E-state index contributed by atoms with van der Waals surface area (Å²) in [6, 6.07) is 11.8. The molecule has 2 nitrogen and oxygen atoms in total. The van der Waals surface area contributed by atoms with Gasteiger partial charge in [-0.25, -0.2) is 0 Å². The van der Waals surface area contributed by atoms with Gasteiger partial charge in [0.25, 0.3) is 0 Å². The van der Waals surface area contributed by atoms with Gasteiger partial charge in [-0.15, -0.1) is 11.3 Å². The Balaban J connectivity index is 2.47. The average molecular weight is 263 g/mol. The lowest BCUT2D eigenvalue weighted by Gasteiger charge is -2.07. The molecule has 0 aliphatic rings. The van der Waals surface area contributed by atoms with Crippen LogP contribution in [-0.2, 0) is 6.54 Å². The van der Waals surface area contributed by atoms with E-state index in [0.717, 1.165) is 32.4 Å². The van der Waals surface area contributed by atoms with Gasteiger partial charge in [-0.3, -0.25) is 0 Å². The Kier molecular flexibility index (Phi) is 3.80. The monoisotopic (exact) mass is 262 g/mol. The lowest BCUT2D eigenvalue weighted by molar-refractivity contribution is 0.820. The molecule has 1 heterocycles. The fraction of sp³-hybridized carbons (Fsp3) is 0.154. The molecule has 0 radical (unpaired) electrons. The van der Waals surface area contributed by atoms with Crippen LogP contribution in [0.2, 0.25) is 5.02 Å². The van der Waals surface area contributed by atoms with Gasteiger partial charge in [0, 0.05) is 16.4 Å². The molecule has 0 spiro atoms. The Bertz CT molecular complexity index is 569. The zero-order valence-electron chi connectivity index (χ0n) is 9.33. The molecule has 4 heteroatoms. The standard InChI is InChI=1S/C13H11ClN2S/c1-16-8-9-6-10(14)2-4-12(9)13-5-3-11(7-15)17-13/h2-6,16H,8H2,1H3. The van der Waals surface area contributed by atoms with Crippen molar-refractivity contribution in [1.29, 1.82) is 5.26 Å². The van der Waals surface area contributed by atoms with Gasteiger partial charge < -0.3 is 5.32 Å². The molecule has 0 fully saturated rings. The van der Waals surface area contributed by atoms with Crippen LogP contribution in [-0.4, -0.2) is 7.05 Å². The highest BCUT2D eigenvalue weighted by atomic mass is 35.5. The third-order valence-corrected chi connectivity index (χ3v) is 3.67. The van der Waals surface area contributed by atoms with E-state index in [9.17, 15) is 0 Å². The highest BCUT2D eigenvalue weighted by Gasteiger charge is 2.08. The van der Waals surface area contributed by atoms with Crippen molar-refractivity contribution in [3.05, 3.63) is 45.8 Å². The summed E-state index contributed by atoms with van der Waals surface area (Å²) in [5.74, 6) is 0. The molecule has 17 heavy (non-hydrogen) atoms. The maximum atomic E-state index is 8.84. The lowest BCUT2D eigenvalue weighted by atomic mass is 10.1. The fourth-order valence-corrected chi connectivity index (χ4v) is 2.74. The van der Waals surface area contributed by atoms with Crippen LogP contribution >= 0.6 is 22.9 Å². The molecular formula is C13H11ClN2S. The maximum absolute atomic E-state index is 8.84. The van der Waals surface area contributed by atoms with E-state index in [1.807, 2.05) is 37.4 Å². The van der Waals surface area contributed by atoms with Crippen LogP contribution in [0.3, 0.4) is 0 Å². The summed E-state index contributed by atoms with van der Waals surface area (Å²) < 4.78 is 0. The molecule has 0 saturated heterocycles. The Hall–Kier alpha value is -1.34. The second-order valence-electron chi connectivity index (χ2n) is 3.61. The minimum absolute atomic E-state index is 0.727. The van der Waals surface area contributed by atoms with Crippen LogP contribution in [0.25, 0.3) is 10.4 Å². The smallest absolute Gasteiger partial charge is 0.110 e. The molecule has 1 N–H and O–H groups in total. The Morgan fingerprint density at radius 2 is 2.18 bits per heavy atom.